The average molecular weight is 459 g/mol. The van der Waals surface area contributed by atoms with E-state index in [4.69, 9.17) is 14.5 Å². The van der Waals surface area contributed by atoms with Gasteiger partial charge in [0.1, 0.15) is 21.7 Å². The molecule has 1 fully saturated rings. The van der Waals surface area contributed by atoms with Gasteiger partial charge in [-0.1, -0.05) is 17.4 Å². The molecule has 4 rings (SSSR count). The van der Waals surface area contributed by atoms with Crippen molar-refractivity contribution in [2.24, 2.45) is 0 Å². The predicted octanol–water partition coefficient (Wildman–Crippen LogP) is 3.33. The van der Waals surface area contributed by atoms with Gasteiger partial charge in [-0.25, -0.2) is 4.98 Å². The van der Waals surface area contributed by atoms with E-state index < -0.39 is 0 Å². The zero-order chi connectivity index (χ0) is 21.6. The number of carbonyl (C=O) groups is 1. The number of hydrogen-bond acceptors (Lipinski definition) is 8. The van der Waals surface area contributed by atoms with Crippen LogP contribution in [-0.2, 0) is 4.79 Å². The monoisotopic (exact) mass is 458 g/mol. The zero-order valence-electron chi connectivity index (χ0n) is 17.7. The molecule has 0 atom stereocenters. The molecule has 3 heterocycles. The molecule has 7 nitrogen and oxygen atoms in total. The smallest absolute Gasteiger partial charge is 0.244 e. The van der Waals surface area contributed by atoms with Crippen LogP contribution in [0.3, 0.4) is 0 Å². The molecule has 1 aliphatic heterocycles. The predicted molar refractivity (Wildman–Crippen MR) is 128 cm³/mol. The molecule has 1 N–H and O–H groups in total. The maximum absolute atomic E-state index is 12.0. The number of amides is 1. The minimum absolute atomic E-state index is 0.0515. The number of fused-ring (bicyclic) bond motifs is 1. The highest BCUT2D eigenvalue weighted by molar-refractivity contribution is 7.22. The first-order chi connectivity index (χ1) is 15.2. The lowest BCUT2D eigenvalue weighted by atomic mass is 10.3. The first-order valence-corrected chi connectivity index (χ1v) is 11.9. The van der Waals surface area contributed by atoms with Gasteiger partial charge in [0.05, 0.1) is 14.2 Å². The Morgan fingerprint density at radius 2 is 1.94 bits per heavy atom. The Hall–Kier alpha value is -2.62. The summed E-state index contributed by atoms with van der Waals surface area (Å²) in [4.78, 5) is 22.5. The minimum atomic E-state index is -0.0515. The van der Waals surface area contributed by atoms with Crippen LogP contribution in [0.4, 0.5) is 5.13 Å². The summed E-state index contributed by atoms with van der Waals surface area (Å²) in [5.74, 6) is 1.53. The Morgan fingerprint density at radius 1 is 1.16 bits per heavy atom. The van der Waals surface area contributed by atoms with Crippen molar-refractivity contribution < 1.29 is 14.3 Å². The Bertz CT molecular complexity index is 1000. The molecule has 9 heteroatoms. The van der Waals surface area contributed by atoms with Crippen molar-refractivity contribution in [3.8, 4) is 11.5 Å². The van der Waals surface area contributed by atoms with Crippen molar-refractivity contribution in [1.29, 1.82) is 0 Å². The Balaban J connectivity index is 1.27. The molecule has 1 aromatic carbocycles. The molecule has 1 aliphatic rings. The van der Waals surface area contributed by atoms with Gasteiger partial charge in [-0.3, -0.25) is 9.69 Å². The van der Waals surface area contributed by atoms with Crippen molar-refractivity contribution >= 4 is 50.0 Å². The van der Waals surface area contributed by atoms with Crippen LogP contribution in [0.5, 0.6) is 11.5 Å². The highest BCUT2D eigenvalue weighted by Gasteiger charge is 2.22. The summed E-state index contributed by atoms with van der Waals surface area (Å²) in [6, 6.07) is 7.78. The summed E-state index contributed by atoms with van der Waals surface area (Å²) in [6.45, 7) is 5.15. The maximum Gasteiger partial charge on any atom is 0.244 e. The molecule has 1 saturated heterocycles. The molecule has 1 amide bonds. The lowest BCUT2D eigenvalue weighted by molar-refractivity contribution is -0.116. The highest BCUT2D eigenvalue weighted by Crippen LogP contribution is 2.40. The van der Waals surface area contributed by atoms with E-state index in [0.29, 0.717) is 6.54 Å². The topological polar surface area (TPSA) is 66.9 Å². The summed E-state index contributed by atoms with van der Waals surface area (Å²) >= 11 is 3.26. The van der Waals surface area contributed by atoms with Crippen LogP contribution in [-0.4, -0.2) is 69.3 Å². The van der Waals surface area contributed by atoms with Gasteiger partial charge in [0.25, 0.3) is 0 Å². The number of nitrogens with zero attached hydrogens (tertiary/aromatic N) is 3. The second-order valence-electron chi connectivity index (χ2n) is 7.11. The standard InChI is InChI=1S/C22H26N4O3S2/c1-28-17-6-7-18(29-2)21-20(17)24-22(31-21)26-13-11-25(12-14-26)10-9-23-19(27)8-5-16-4-3-15-30-16/h3-8,15H,9-14H2,1-2H3,(H,23,27)/b8-5+. The molecule has 0 bridgehead atoms. The van der Waals surface area contributed by atoms with Crippen LogP contribution < -0.4 is 19.7 Å². The zero-order valence-corrected chi connectivity index (χ0v) is 19.3. The van der Waals surface area contributed by atoms with Gasteiger partial charge in [-0.15, -0.1) is 11.3 Å². The number of anilines is 1. The van der Waals surface area contributed by atoms with E-state index in [1.807, 2.05) is 35.7 Å². The molecule has 31 heavy (non-hydrogen) atoms. The van der Waals surface area contributed by atoms with Crippen molar-refractivity contribution in [2.75, 3.05) is 58.4 Å². The number of aromatic nitrogens is 1. The molecule has 0 saturated carbocycles. The average Bonchev–Trinajstić information content (AvgIpc) is 3.48. The van der Waals surface area contributed by atoms with Gasteiger partial charge >= 0.3 is 0 Å². The third-order valence-corrected chi connectivity index (χ3v) is 7.18. The number of ether oxygens (including phenoxy) is 2. The van der Waals surface area contributed by atoms with Crippen LogP contribution in [0.1, 0.15) is 4.88 Å². The molecule has 0 radical (unpaired) electrons. The van der Waals surface area contributed by atoms with Crippen molar-refractivity contribution in [3.05, 3.63) is 40.6 Å². The van der Waals surface area contributed by atoms with Crippen molar-refractivity contribution in [2.45, 2.75) is 0 Å². The van der Waals surface area contributed by atoms with E-state index in [-0.39, 0.29) is 5.91 Å². The van der Waals surface area contributed by atoms with E-state index >= 15 is 0 Å². The SMILES string of the molecule is COc1ccc(OC)c2sc(N3CCN(CCNC(=O)/C=C/c4cccs4)CC3)nc12. The summed E-state index contributed by atoms with van der Waals surface area (Å²) in [5.41, 5.74) is 0.850. The van der Waals surface area contributed by atoms with E-state index in [1.165, 1.54) is 0 Å². The quantitative estimate of drug-likeness (QED) is 0.523. The number of thiazole rings is 1. The van der Waals surface area contributed by atoms with Gasteiger partial charge in [-0.2, -0.15) is 0 Å². The van der Waals surface area contributed by atoms with Crippen LogP contribution in [0.15, 0.2) is 35.7 Å². The number of benzene rings is 1. The lowest BCUT2D eigenvalue weighted by Gasteiger charge is -2.34. The van der Waals surface area contributed by atoms with Gasteiger partial charge in [0.2, 0.25) is 5.91 Å². The molecule has 2 aromatic heterocycles. The number of thiophene rings is 1. The largest absolute Gasteiger partial charge is 0.495 e. The summed E-state index contributed by atoms with van der Waals surface area (Å²) in [6.07, 6.45) is 3.44. The third kappa shape index (κ3) is 5.17. The normalized spacial score (nSPS) is 15.0. The summed E-state index contributed by atoms with van der Waals surface area (Å²) in [7, 11) is 3.34. The Kier molecular flexibility index (Phi) is 7.06. The molecular formula is C22H26N4O3S2. The number of methoxy groups -OCH3 is 2. The Morgan fingerprint density at radius 3 is 2.65 bits per heavy atom. The molecule has 0 unspecified atom stereocenters. The number of hydrogen-bond donors (Lipinski definition) is 1. The molecular weight excluding hydrogens is 432 g/mol. The van der Waals surface area contributed by atoms with Gasteiger partial charge in [0.15, 0.2) is 5.13 Å². The number of rotatable bonds is 8. The van der Waals surface area contributed by atoms with Crippen LogP contribution in [0.25, 0.3) is 16.3 Å². The fourth-order valence-electron chi connectivity index (χ4n) is 3.51. The van der Waals surface area contributed by atoms with Gasteiger partial charge in [-0.05, 0) is 29.7 Å². The molecule has 0 spiro atoms. The van der Waals surface area contributed by atoms with Crippen LogP contribution in [0, 0.1) is 0 Å². The van der Waals surface area contributed by atoms with Crippen LogP contribution in [0.2, 0.25) is 0 Å². The lowest BCUT2D eigenvalue weighted by Crippen LogP contribution is -2.48. The van der Waals surface area contributed by atoms with Gasteiger partial charge in [0, 0.05) is 50.2 Å². The van der Waals surface area contributed by atoms with Crippen molar-refractivity contribution in [3.63, 3.8) is 0 Å². The van der Waals surface area contributed by atoms with Crippen LogP contribution >= 0.6 is 22.7 Å². The van der Waals surface area contributed by atoms with E-state index in [9.17, 15) is 4.79 Å². The van der Waals surface area contributed by atoms with E-state index in [0.717, 1.165) is 64.4 Å². The Labute approximate surface area is 189 Å². The highest BCUT2D eigenvalue weighted by atomic mass is 32.1. The van der Waals surface area contributed by atoms with E-state index in [2.05, 4.69) is 15.1 Å². The van der Waals surface area contributed by atoms with E-state index in [1.54, 1.807) is 43.0 Å². The minimum Gasteiger partial charge on any atom is -0.495 e. The first-order valence-electron chi connectivity index (χ1n) is 10.2. The fourth-order valence-corrected chi connectivity index (χ4v) is 5.26. The van der Waals surface area contributed by atoms with Crippen molar-refractivity contribution in [1.82, 2.24) is 15.2 Å². The number of carbonyl (C=O) groups excluding carboxylic acids is 1. The summed E-state index contributed by atoms with van der Waals surface area (Å²) in [5, 5.41) is 5.95. The first kappa shape index (κ1) is 21.6. The second-order valence-corrected chi connectivity index (χ2v) is 9.07. The second kappa shape index (κ2) is 10.1. The molecule has 0 aliphatic carbocycles. The van der Waals surface area contributed by atoms with Gasteiger partial charge < -0.3 is 19.7 Å². The number of nitrogens with one attached hydrogen (secondary N) is 1. The molecule has 164 valence electrons. The third-order valence-electron chi connectivity index (χ3n) is 5.21. The summed E-state index contributed by atoms with van der Waals surface area (Å²) < 4.78 is 12.0. The number of piperazine rings is 1. The fraction of sp³-hybridized carbons (Fsp3) is 0.364. The molecule has 3 aromatic rings. The maximum atomic E-state index is 12.0.